The Morgan fingerprint density at radius 3 is 3.10 bits per heavy atom. The summed E-state index contributed by atoms with van der Waals surface area (Å²) in [4.78, 5) is 3.69. The molecule has 0 spiro atoms. The van der Waals surface area contributed by atoms with E-state index in [1.165, 1.54) is 6.33 Å². The Hall–Kier alpha value is -1.41. The topological polar surface area (TPSA) is 80.5 Å². The number of hydrogen-bond donors (Lipinski definition) is 1. The second-order valence-corrected chi connectivity index (χ2v) is 1.73. The van der Waals surface area contributed by atoms with Crippen molar-refractivity contribution >= 4 is 0 Å². The summed E-state index contributed by atoms with van der Waals surface area (Å²) in [6.45, 7) is 1.11. The van der Waals surface area contributed by atoms with Crippen LogP contribution in [0.5, 0.6) is 0 Å². The number of nitriles is 1. The molecule has 0 amide bonds. The summed E-state index contributed by atoms with van der Waals surface area (Å²) >= 11 is 0. The predicted molar refractivity (Wildman–Crippen MR) is 33.8 cm³/mol. The van der Waals surface area contributed by atoms with Crippen LogP contribution >= 0.6 is 0 Å². The van der Waals surface area contributed by atoms with E-state index in [4.69, 9.17) is 11.0 Å². The van der Waals surface area contributed by atoms with Crippen molar-refractivity contribution in [2.24, 2.45) is 5.73 Å². The van der Waals surface area contributed by atoms with Crippen molar-refractivity contribution in [1.82, 2.24) is 14.8 Å². The molecule has 1 heterocycles. The van der Waals surface area contributed by atoms with Crippen molar-refractivity contribution in [3.63, 3.8) is 0 Å². The van der Waals surface area contributed by atoms with Crippen LogP contribution in [0.4, 0.5) is 0 Å². The minimum atomic E-state index is 0.188. The Morgan fingerprint density at radius 2 is 2.60 bits per heavy atom. The molecule has 0 saturated carbocycles. The minimum absolute atomic E-state index is 0.188. The van der Waals surface area contributed by atoms with Gasteiger partial charge in [-0.3, -0.25) is 4.68 Å². The van der Waals surface area contributed by atoms with Gasteiger partial charge in [0, 0.05) is 6.54 Å². The highest BCUT2D eigenvalue weighted by Gasteiger charge is 1.95. The Balaban J connectivity index is 2.71. The van der Waals surface area contributed by atoms with Gasteiger partial charge in [0.15, 0.2) is 0 Å². The quantitative estimate of drug-likeness (QED) is 0.573. The molecule has 0 aliphatic heterocycles. The zero-order valence-corrected chi connectivity index (χ0v) is 5.36. The fourth-order valence-corrected chi connectivity index (χ4v) is 0.586. The van der Waals surface area contributed by atoms with Crippen molar-refractivity contribution in [1.29, 1.82) is 5.26 Å². The molecule has 1 aromatic rings. The maximum absolute atomic E-state index is 8.30. The molecule has 0 aromatic carbocycles. The van der Waals surface area contributed by atoms with Crippen LogP contribution in [0, 0.1) is 11.3 Å². The average Bonchev–Trinajstić information content (AvgIpc) is 2.37. The second-order valence-electron chi connectivity index (χ2n) is 1.73. The fourth-order valence-electron chi connectivity index (χ4n) is 0.586. The Labute approximate surface area is 58.1 Å². The zero-order valence-electron chi connectivity index (χ0n) is 5.36. The first kappa shape index (κ1) is 6.71. The van der Waals surface area contributed by atoms with E-state index >= 15 is 0 Å². The van der Waals surface area contributed by atoms with E-state index in [2.05, 4.69) is 10.1 Å². The summed E-state index contributed by atoms with van der Waals surface area (Å²) in [5, 5.41) is 12.1. The Kier molecular flexibility index (Phi) is 1.97. The van der Waals surface area contributed by atoms with Crippen LogP contribution in [-0.4, -0.2) is 21.3 Å². The Morgan fingerprint density at radius 1 is 1.80 bits per heavy atom. The first-order chi connectivity index (χ1) is 4.86. The molecule has 2 N–H and O–H groups in total. The molecule has 0 bridgehead atoms. The molecule has 1 aromatic heterocycles. The van der Waals surface area contributed by atoms with Gasteiger partial charge < -0.3 is 5.73 Å². The number of hydrogen-bond acceptors (Lipinski definition) is 4. The third kappa shape index (κ3) is 1.30. The second kappa shape index (κ2) is 2.94. The van der Waals surface area contributed by atoms with E-state index in [0.717, 1.165) is 0 Å². The lowest BCUT2D eigenvalue weighted by atomic mass is 10.7. The van der Waals surface area contributed by atoms with E-state index in [0.29, 0.717) is 13.1 Å². The van der Waals surface area contributed by atoms with Gasteiger partial charge in [-0.05, 0) is 0 Å². The summed E-state index contributed by atoms with van der Waals surface area (Å²) in [6, 6.07) is 1.82. The molecule has 5 nitrogen and oxygen atoms in total. The third-order valence-corrected chi connectivity index (χ3v) is 0.995. The minimum Gasteiger partial charge on any atom is -0.329 e. The summed E-state index contributed by atoms with van der Waals surface area (Å²) in [5.41, 5.74) is 5.24. The Bertz CT molecular complexity index is 245. The first-order valence-corrected chi connectivity index (χ1v) is 2.86. The first-order valence-electron chi connectivity index (χ1n) is 2.86. The number of rotatable bonds is 2. The molecule has 0 radical (unpaired) electrons. The van der Waals surface area contributed by atoms with Crippen molar-refractivity contribution in [3.8, 4) is 6.07 Å². The SMILES string of the molecule is N#Cc1ncn(CCN)n1. The summed E-state index contributed by atoms with van der Waals surface area (Å²) < 4.78 is 1.54. The monoisotopic (exact) mass is 137 g/mol. The number of nitrogens with zero attached hydrogens (tertiary/aromatic N) is 4. The molecule has 5 heteroatoms. The van der Waals surface area contributed by atoms with Gasteiger partial charge >= 0.3 is 0 Å². The summed E-state index contributed by atoms with van der Waals surface area (Å²) in [7, 11) is 0. The van der Waals surface area contributed by atoms with Crippen LogP contribution in [0.2, 0.25) is 0 Å². The van der Waals surface area contributed by atoms with Gasteiger partial charge in [-0.15, -0.1) is 5.10 Å². The van der Waals surface area contributed by atoms with Gasteiger partial charge in [0.05, 0.1) is 6.54 Å². The fraction of sp³-hybridized carbons (Fsp3) is 0.400. The van der Waals surface area contributed by atoms with Gasteiger partial charge in [-0.25, -0.2) is 4.98 Å². The molecule has 0 aliphatic carbocycles. The highest BCUT2D eigenvalue weighted by Crippen LogP contribution is 1.84. The highest BCUT2D eigenvalue weighted by molar-refractivity contribution is 5.05. The molecule has 0 unspecified atom stereocenters. The molecule has 0 saturated heterocycles. The average molecular weight is 137 g/mol. The van der Waals surface area contributed by atoms with Crippen molar-refractivity contribution in [2.45, 2.75) is 6.54 Å². The highest BCUT2D eigenvalue weighted by atomic mass is 15.3. The normalized spacial score (nSPS) is 9.20. The molecule has 0 atom stereocenters. The van der Waals surface area contributed by atoms with Crippen LogP contribution in [0.15, 0.2) is 6.33 Å². The van der Waals surface area contributed by atoms with Gasteiger partial charge in [-0.1, -0.05) is 0 Å². The standard InChI is InChI=1S/C5H7N5/c6-1-2-10-4-8-5(3-7)9-10/h4H,1-2,6H2. The summed E-state index contributed by atoms with van der Waals surface area (Å²) in [6.07, 6.45) is 1.49. The van der Waals surface area contributed by atoms with Crippen LogP contribution in [0.25, 0.3) is 0 Å². The molecule has 52 valence electrons. The van der Waals surface area contributed by atoms with Crippen molar-refractivity contribution in [3.05, 3.63) is 12.2 Å². The molecular formula is C5H7N5. The maximum atomic E-state index is 8.30. The molecule has 1 rings (SSSR count). The predicted octanol–water partition coefficient (Wildman–Crippen LogP) is -0.892. The smallest absolute Gasteiger partial charge is 0.252 e. The van der Waals surface area contributed by atoms with E-state index in [1.54, 1.807) is 4.68 Å². The van der Waals surface area contributed by atoms with Crippen LogP contribution < -0.4 is 5.73 Å². The maximum Gasteiger partial charge on any atom is 0.252 e. The lowest BCUT2D eigenvalue weighted by Gasteiger charge is -1.91. The third-order valence-electron chi connectivity index (χ3n) is 0.995. The van der Waals surface area contributed by atoms with Crippen LogP contribution in [0.1, 0.15) is 5.82 Å². The van der Waals surface area contributed by atoms with Gasteiger partial charge in [0.1, 0.15) is 12.4 Å². The van der Waals surface area contributed by atoms with Gasteiger partial charge in [0.2, 0.25) is 0 Å². The number of aromatic nitrogens is 3. The van der Waals surface area contributed by atoms with E-state index in [-0.39, 0.29) is 5.82 Å². The molecule has 0 aliphatic rings. The van der Waals surface area contributed by atoms with Gasteiger partial charge in [0.25, 0.3) is 5.82 Å². The van der Waals surface area contributed by atoms with E-state index in [1.807, 2.05) is 6.07 Å². The largest absolute Gasteiger partial charge is 0.329 e. The molecular weight excluding hydrogens is 130 g/mol. The van der Waals surface area contributed by atoms with E-state index in [9.17, 15) is 0 Å². The summed E-state index contributed by atoms with van der Waals surface area (Å²) in [5.74, 6) is 0.188. The van der Waals surface area contributed by atoms with Gasteiger partial charge in [-0.2, -0.15) is 5.26 Å². The lowest BCUT2D eigenvalue weighted by molar-refractivity contribution is 0.621. The lowest BCUT2D eigenvalue weighted by Crippen LogP contribution is -2.10. The van der Waals surface area contributed by atoms with Crippen LogP contribution in [-0.2, 0) is 6.54 Å². The van der Waals surface area contributed by atoms with Crippen molar-refractivity contribution < 1.29 is 0 Å². The molecule has 0 fully saturated rings. The van der Waals surface area contributed by atoms with Crippen molar-refractivity contribution in [2.75, 3.05) is 6.54 Å². The number of nitrogens with two attached hydrogens (primary N) is 1. The van der Waals surface area contributed by atoms with Crippen LogP contribution in [0.3, 0.4) is 0 Å². The molecule has 10 heavy (non-hydrogen) atoms. The zero-order chi connectivity index (χ0) is 7.40. The van der Waals surface area contributed by atoms with E-state index < -0.39 is 0 Å².